The smallest absolute Gasteiger partial charge is 0.128 e. The van der Waals surface area contributed by atoms with Crippen LogP contribution in [-0.2, 0) is 0 Å². The van der Waals surface area contributed by atoms with E-state index in [0.29, 0.717) is 11.5 Å². The molecule has 0 radical (unpaired) electrons. The molecule has 0 saturated carbocycles. The predicted molar refractivity (Wildman–Crippen MR) is 69.6 cm³/mol. The van der Waals surface area contributed by atoms with Crippen molar-refractivity contribution < 1.29 is 4.39 Å². The first kappa shape index (κ1) is 12.4. The van der Waals surface area contributed by atoms with Crippen LogP contribution in [0.25, 0.3) is 0 Å². The van der Waals surface area contributed by atoms with Gasteiger partial charge in [0, 0.05) is 10.0 Å². The van der Waals surface area contributed by atoms with Gasteiger partial charge in [-0.05, 0) is 42.0 Å². The molecule has 2 atom stereocenters. The highest BCUT2D eigenvalue weighted by atomic mass is 79.9. The molecule has 1 aliphatic heterocycles. The summed E-state index contributed by atoms with van der Waals surface area (Å²) in [5, 5.41) is 0. The number of nitrogens with two attached hydrogens (primary N) is 1. The maximum atomic E-state index is 13.7. The first-order valence-electron chi connectivity index (χ1n) is 5.21. The van der Waals surface area contributed by atoms with E-state index < -0.39 is 0 Å². The highest BCUT2D eigenvalue weighted by Gasteiger charge is 2.27. The number of hydrogen-bond acceptors (Lipinski definition) is 3. The van der Waals surface area contributed by atoms with Gasteiger partial charge in [-0.15, -0.1) is 0 Å². The zero-order chi connectivity index (χ0) is 11.5. The largest absolute Gasteiger partial charge is 0.271 e. The van der Waals surface area contributed by atoms with Crippen LogP contribution in [0.15, 0.2) is 22.7 Å². The van der Waals surface area contributed by atoms with Gasteiger partial charge in [0.05, 0.1) is 6.04 Å². The topological polar surface area (TPSA) is 38.0 Å². The quantitative estimate of drug-likeness (QED) is 0.666. The molecule has 3 N–H and O–H groups in total. The summed E-state index contributed by atoms with van der Waals surface area (Å²) in [6.45, 7) is 0. The normalized spacial score (nSPS) is 22.3. The van der Waals surface area contributed by atoms with Crippen LogP contribution in [-0.4, -0.2) is 11.5 Å². The molecule has 0 bridgehead atoms. The van der Waals surface area contributed by atoms with Crippen LogP contribution in [0.2, 0.25) is 0 Å². The van der Waals surface area contributed by atoms with E-state index in [-0.39, 0.29) is 11.9 Å². The van der Waals surface area contributed by atoms with Crippen molar-refractivity contribution in [2.75, 3.05) is 11.5 Å². The molecular formula is C11H14BrFN2S. The highest BCUT2D eigenvalue weighted by molar-refractivity contribution is 9.10. The van der Waals surface area contributed by atoms with Gasteiger partial charge in [0.1, 0.15) is 5.82 Å². The third-order valence-electron chi connectivity index (χ3n) is 2.91. The second-order valence-electron chi connectivity index (χ2n) is 3.93. The Bertz CT molecular complexity index is 369. The lowest BCUT2D eigenvalue weighted by Crippen LogP contribution is -2.34. The van der Waals surface area contributed by atoms with Crippen molar-refractivity contribution in [1.82, 2.24) is 5.43 Å². The minimum absolute atomic E-state index is 0.0903. The molecule has 5 heteroatoms. The van der Waals surface area contributed by atoms with Crippen LogP contribution in [0.4, 0.5) is 4.39 Å². The molecule has 16 heavy (non-hydrogen) atoms. The minimum atomic E-state index is -0.192. The van der Waals surface area contributed by atoms with Crippen molar-refractivity contribution in [3.63, 3.8) is 0 Å². The summed E-state index contributed by atoms with van der Waals surface area (Å²) >= 11 is 5.26. The first-order valence-corrected chi connectivity index (χ1v) is 7.16. The lowest BCUT2D eigenvalue weighted by Gasteiger charge is -2.23. The van der Waals surface area contributed by atoms with Crippen LogP contribution < -0.4 is 11.3 Å². The van der Waals surface area contributed by atoms with E-state index >= 15 is 0 Å². The monoisotopic (exact) mass is 304 g/mol. The molecule has 1 aromatic carbocycles. The van der Waals surface area contributed by atoms with E-state index in [1.165, 1.54) is 6.07 Å². The van der Waals surface area contributed by atoms with Crippen LogP contribution in [0.1, 0.15) is 18.0 Å². The van der Waals surface area contributed by atoms with Gasteiger partial charge < -0.3 is 0 Å². The van der Waals surface area contributed by atoms with Gasteiger partial charge >= 0.3 is 0 Å². The highest BCUT2D eigenvalue weighted by Crippen LogP contribution is 2.35. The summed E-state index contributed by atoms with van der Waals surface area (Å²) in [5.74, 6) is 7.97. The van der Waals surface area contributed by atoms with Gasteiger partial charge in [-0.2, -0.15) is 11.8 Å². The number of hydrazine groups is 1. The first-order chi connectivity index (χ1) is 7.72. The van der Waals surface area contributed by atoms with Gasteiger partial charge in [-0.1, -0.05) is 15.9 Å². The van der Waals surface area contributed by atoms with Crippen molar-refractivity contribution >= 4 is 27.7 Å². The molecule has 1 fully saturated rings. The van der Waals surface area contributed by atoms with Crippen LogP contribution in [0.3, 0.4) is 0 Å². The second-order valence-corrected chi connectivity index (χ2v) is 6.00. The molecular weight excluding hydrogens is 291 g/mol. The third kappa shape index (κ3) is 2.59. The zero-order valence-electron chi connectivity index (χ0n) is 8.75. The third-order valence-corrected chi connectivity index (χ3v) is 4.59. The Morgan fingerprint density at radius 3 is 3.00 bits per heavy atom. The number of nitrogens with one attached hydrogen (secondary N) is 1. The average molecular weight is 305 g/mol. The Hall–Kier alpha value is -0.100. The van der Waals surface area contributed by atoms with Crippen LogP contribution in [0.5, 0.6) is 0 Å². The minimum Gasteiger partial charge on any atom is -0.271 e. The van der Waals surface area contributed by atoms with Crippen molar-refractivity contribution in [3.8, 4) is 0 Å². The number of rotatable bonds is 3. The Morgan fingerprint density at radius 2 is 2.38 bits per heavy atom. The predicted octanol–water partition coefficient (Wildman–Crippen LogP) is 2.85. The van der Waals surface area contributed by atoms with Crippen molar-refractivity contribution in [2.45, 2.75) is 12.5 Å². The van der Waals surface area contributed by atoms with E-state index in [1.807, 2.05) is 17.8 Å². The molecule has 1 heterocycles. The molecule has 1 saturated heterocycles. The molecule has 88 valence electrons. The number of halogens is 2. The van der Waals surface area contributed by atoms with E-state index in [4.69, 9.17) is 5.84 Å². The zero-order valence-corrected chi connectivity index (χ0v) is 11.2. The van der Waals surface area contributed by atoms with Crippen molar-refractivity contribution in [3.05, 3.63) is 34.1 Å². The van der Waals surface area contributed by atoms with Gasteiger partial charge in [0.25, 0.3) is 0 Å². The van der Waals surface area contributed by atoms with Crippen molar-refractivity contribution in [2.24, 2.45) is 11.8 Å². The summed E-state index contributed by atoms with van der Waals surface area (Å²) in [4.78, 5) is 0. The number of benzene rings is 1. The number of hydrogen-bond donors (Lipinski definition) is 2. The molecule has 1 aliphatic rings. The fraction of sp³-hybridized carbons (Fsp3) is 0.455. The summed E-state index contributed by atoms with van der Waals surface area (Å²) < 4.78 is 14.6. The molecule has 2 unspecified atom stereocenters. The van der Waals surface area contributed by atoms with Gasteiger partial charge in [0.15, 0.2) is 0 Å². The van der Waals surface area contributed by atoms with Gasteiger partial charge in [0.2, 0.25) is 0 Å². The Labute approximate surface area is 107 Å². The molecule has 0 aromatic heterocycles. The molecule has 2 nitrogen and oxygen atoms in total. The van der Waals surface area contributed by atoms with E-state index in [1.54, 1.807) is 6.07 Å². The Balaban J connectivity index is 2.28. The molecule has 0 aliphatic carbocycles. The summed E-state index contributed by atoms with van der Waals surface area (Å²) in [5.41, 5.74) is 3.41. The summed E-state index contributed by atoms with van der Waals surface area (Å²) in [6.07, 6.45) is 1.09. The average Bonchev–Trinajstić information content (AvgIpc) is 2.78. The maximum Gasteiger partial charge on any atom is 0.128 e. The number of thioether (sulfide) groups is 1. The standard InChI is InChI=1S/C11H14BrFN2S/c12-8-1-2-10(13)9(5-8)11(15-14)7-3-4-16-6-7/h1-2,5,7,11,15H,3-4,6,14H2. The van der Waals surface area contributed by atoms with Gasteiger partial charge in [-0.3, -0.25) is 11.3 Å². The van der Waals surface area contributed by atoms with Crippen LogP contribution in [0, 0.1) is 11.7 Å². The lowest BCUT2D eigenvalue weighted by atomic mass is 9.93. The van der Waals surface area contributed by atoms with Crippen molar-refractivity contribution in [1.29, 1.82) is 0 Å². The molecule has 2 rings (SSSR count). The SMILES string of the molecule is NNC(c1cc(Br)ccc1F)C1CCSC1. The van der Waals surface area contributed by atoms with E-state index in [2.05, 4.69) is 21.4 Å². The Morgan fingerprint density at radius 1 is 1.56 bits per heavy atom. The fourth-order valence-corrected chi connectivity index (χ4v) is 3.73. The maximum absolute atomic E-state index is 13.7. The molecule has 0 spiro atoms. The van der Waals surface area contributed by atoms with E-state index in [9.17, 15) is 4.39 Å². The Kier molecular flexibility index (Phi) is 4.24. The van der Waals surface area contributed by atoms with Crippen LogP contribution >= 0.6 is 27.7 Å². The fourth-order valence-electron chi connectivity index (χ4n) is 2.05. The van der Waals surface area contributed by atoms with E-state index in [0.717, 1.165) is 22.4 Å². The molecule has 1 aromatic rings. The lowest BCUT2D eigenvalue weighted by molar-refractivity contribution is 0.387. The second kappa shape index (κ2) is 5.49. The molecule has 0 amide bonds. The summed E-state index contributed by atoms with van der Waals surface area (Å²) in [6, 6.07) is 4.90. The van der Waals surface area contributed by atoms with Gasteiger partial charge in [-0.25, -0.2) is 4.39 Å². The summed E-state index contributed by atoms with van der Waals surface area (Å²) in [7, 11) is 0.